The lowest BCUT2D eigenvalue weighted by molar-refractivity contribution is 0.260. The van der Waals surface area contributed by atoms with Gasteiger partial charge in [-0.1, -0.05) is 27.7 Å². The Bertz CT molecular complexity index is 515. The van der Waals surface area contributed by atoms with Crippen molar-refractivity contribution in [2.45, 2.75) is 39.5 Å². The molecule has 0 heterocycles. The average molecular weight is 275 g/mol. The van der Waals surface area contributed by atoms with Gasteiger partial charge in [0.2, 0.25) is 0 Å². The number of benzene rings is 1. The van der Waals surface area contributed by atoms with Crippen LogP contribution < -0.4 is 5.32 Å². The Morgan fingerprint density at radius 3 is 2.05 bits per heavy atom. The van der Waals surface area contributed by atoms with E-state index in [1.54, 1.807) is 12.1 Å². The number of nitrogens with zero attached hydrogens (tertiary/aromatic N) is 2. The number of hydrogen-bond acceptors (Lipinski definition) is 3. The molecular formula is C14H17N3OS. The van der Waals surface area contributed by atoms with E-state index in [0.29, 0.717) is 5.56 Å². The molecule has 100 valence electrons. The fraction of sp³-hybridized carbons (Fsp3) is 0.429. The molecule has 0 saturated carbocycles. The zero-order valence-corrected chi connectivity index (χ0v) is 12.3. The lowest BCUT2D eigenvalue weighted by atomic mass is 9.90. The van der Waals surface area contributed by atoms with E-state index in [0.717, 1.165) is 16.8 Å². The maximum absolute atomic E-state index is 11.4. The third kappa shape index (κ3) is 3.58. The van der Waals surface area contributed by atoms with Crippen LogP contribution in [-0.2, 0) is 12.4 Å². The summed E-state index contributed by atoms with van der Waals surface area (Å²) in [4.78, 5) is 11.4. The molecule has 0 saturated heterocycles. The largest absolute Gasteiger partial charge is 0.356 e. The summed E-state index contributed by atoms with van der Waals surface area (Å²) in [6, 6.07) is 5.21. The Balaban J connectivity index is 3.49. The molecule has 0 radical (unpaired) electrons. The van der Waals surface area contributed by atoms with Gasteiger partial charge in [0, 0.05) is 18.1 Å². The normalized spacial score (nSPS) is 10.4. The number of nitrogens with one attached hydrogen (secondary N) is 1. The van der Waals surface area contributed by atoms with Crippen LogP contribution in [0.4, 0.5) is 10.5 Å². The predicted octanol–water partition coefficient (Wildman–Crippen LogP) is 4.07. The standard InChI is InChI=1S/C14H17N3OS/c1-8(2)11-5-10(7-15)6-12(9(3)4)13(11)16-14(18)17-19/h5-6,8-9H,1-4H3,(H,16,18). The first-order valence-corrected chi connectivity index (χ1v) is 6.49. The molecule has 0 fully saturated rings. The predicted molar refractivity (Wildman–Crippen MR) is 78.1 cm³/mol. The van der Waals surface area contributed by atoms with Crippen LogP contribution in [0.2, 0.25) is 0 Å². The van der Waals surface area contributed by atoms with Crippen LogP contribution in [0, 0.1) is 11.3 Å². The van der Waals surface area contributed by atoms with Crippen LogP contribution in [0.25, 0.3) is 0 Å². The van der Waals surface area contributed by atoms with Crippen LogP contribution >= 0.6 is 0 Å². The molecule has 4 nitrogen and oxygen atoms in total. The van der Waals surface area contributed by atoms with Gasteiger partial charge in [0.1, 0.15) is 0 Å². The number of carbonyl (C=O) groups is 1. The molecular weight excluding hydrogens is 258 g/mol. The van der Waals surface area contributed by atoms with Gasteiger partial charge in [-0.15, -0.1) is 4.36 Å². The van der Waals surface area contributed by atoms with Crippen molar-refractivity contribution in [2.24, 2.45) is 4.36 Å². The molecule has 0 aliphatic rings. The van der Waals surface area contributed by atoms with Crippen LogP contribution in [0.15, 0.2) is 16.5 Å². The minimum absolute atomic E-state index is 0.186. The van der Waals surface area contributed by atoms with E-state index in [1.807, 2.05) is 27.7 Å². The number of carbonyl (C=O) groups excluding carboxylic acids is 1. The zero-order chi connectivity index (χ0) is 14.6. The molecule has 1 rings (SSSR count). The fourth-order valence-corrected chi connectivity index (χ4v) is 1.98. The number of rotatable bonds is 3. The third-order valence-electron chi connectivity index (χ3n) is 2.89. The quantitative estimate of drug-likeness (QED) is 0.904. The lowest BCUT2D eigenvalue weighted by Crippen LogP contribution is -2.12. The molecule has 19 heavy (non-hydrogen) atoms. The highest BCUT2D eigenvalue weighted by Gasteiger charge is 2.17. The number of nitriles is 1. The molecule has 1 N–H and O–H groups in total. The fourth-order valence-electron chi connectivity index (χ4n) is 1.94. The Kier molecular flexibility index (Phi) is 5.13. The summed E-state index contributed by atoms with van der Waals surface area (Å²) in [5.41, 5.74) is 3.17. The van der Waals surface area contributed by atoms with Crippen molar-refractivity contribution in [1.29, 1.82) is 5.26 Å². The molecule has 2 amide bonds. The van der Waals surface area contributed by atoms with Crippen LogP contribution in [0.5, 0.6) is 0 Å². The van der Waals surface area contributed by atoms with Crippen LogP contribution in [0.1, 0.15) is 56.2 Å². The highest BCUT2D eigenvalue weighted by Crippen LogP contribution is 2.33. The van der Waals surface area contributed by atoms with Gasteiger partial charge in [-0.25, -0.2) is 4.79 Å². The summed E-state index contributed by atoms with van der Waals surface area (Å²) in [6.45, 7) is 8.06. The Labute approximate surface area is 119 Å². The monoisotopic (exact) mass is 275 g/mol. The number of urea groups is 1. The van der Waals surface area contributed by atoms with E-state index in [2.05, 4.69) is 28.2 Å². The topological polar surface area (TPSA) is 65.2 Å². The van der Waals surface area contributed by atoms with Crippen molar-refractivity contribution in [1.82, 2.24) is 0 Å². The molecule has 5 heteroatoms. The Morgan fingerprint density at radius 2 is 1.74 bits per heavy atom. The summed E-state index contributed by atoms with van der Waals surface area (Å²) in [5, 5.41) is 11.8. The Hall–Kier alpha value is -1.80. The first-order valence-electron chi connectivity index (χ1n) is 6.13. The molecule has 0 aliphatic heterocycles. The van der Waals surface area contributed by atoms with Crippen LogP contribution in [-0.4, -0.2) is 6.03 Å². The van der Waals surface area contributed by atoms with E-state index < -0.39 is 6.03 Å². The van der Waals surface area contributed by atoms with Crippen molar-refractivity contribution in [3.63, 3.8) is 0 Å². The summed E-state index contributed by atoms with van der Waals surface area (Å²) >= 11 is 4.40. The van der Waals surface area contributed by atoms with Crippen molar-refractivity contribution in [3.8, 4) is 6.07 Å². The Morgan fingerprint density at radius 1 is 1.26 bits per heavy atom. The van der Waals surface area contributed by atoms with E-state index >= 15 is 0 Å². The molecule has 0 spiro atoms. The second kappa shape index (κ2) is 6.39. The summed E-state index contributed by atoms with van der Waals surface area (Å²) in [7, 11) is 0. The summed E-state index contributed by atoms with van der Waals surface area (Å²) in [5.74, 6) is 0.373. The van der Waals surface area contributed by atoms with Gasteiger partial charge in [0.05, 0.1) is 11.6 Å². The van der Waals surface area contributed by atoms with Crippen molar-refractivity contribution in [2.75, 3.05) is 5.32 Å². The highest BCUT2D eigenvalue weighted by atomic mass is 32.1. The van der Waals surface area contributed by atoms with Crippen molar-refractivity contribution < 1.29 is 4.79 Å². The molecule has 0 atom stereocenters. The molecule has 0 unspecified atom stereocenters. The number of hydrogen-bond donors (Lipinski definition) is 1. The number of amides is 2. The van der Waals surface area contributed by atoms with Crippen molar-refractivity contribution >= 4 is 24.1 Å². The second-order valence-electron chi connectivity index (χ2n) is 4.97. The summed E-state index contributed by atoms with van der Waals surface area (Å²) < 4.78 is 3.20. The van der Waals surface area contributed by atoms with Crippen LogP contribution in [0.3, 0.4) is 0 Å². The molecule has 1 aromatic rings. The van der Waals surface area contributed by atoms with Gasteiger partial charge in [-0.2, -0.15) is 5.26 Å². The summed E-state index contributed by atoms with van der Waals surface area (Å²) in [6.07, 6.45) is 0. The zero-order valence-electron chi connectivity index (χ0n) is 11.5. The lowest BCUT2D eigenvalue weighted by Gasteiger charge is -2.19. The molecule has 0 aliphatic carbocycles. The van der Waals surface area contributed by atoms with E-state index in [4.69, 9.17) is 5.26 Å². The van der Waals surface area contributed by atoms with Gasteiger partial charge >= 0.3 is 6.03 Å². The van der Waals surface area contributed by atoms with E-state index in [-0.39, 0.29) is 11.8 Å². The minimum Gasteiger partial charge on any atom is -0.305 e. The molecule has 1 aromatic carbocycles. The average Bonchev–Trinajstić information content (AvgIpc) is 2.37. The smallest absolute Gasteiger partial charge is 0.305 e. The SMILES string of the molecule is CC(C)c1cc(C#N)cc(C(C)C)c1NC(=O)N=S. The maximum atomic E-state index is 11.4. The van der Waals surface area contributed by atoms with E-state index in [1.165, 1.54) is 0 Å². The maximum Gasteiger partial charge on any atom is 0.356 e. The van der Waals surface area contributed by atoms with Gasteiger partial charge in [0.15, 0.2) is 0 Å². The van der Waals surface area contributed by atoms with Crippen molar-refractivity contribution in [3.05, 3.63) is 28.8 Å². The highest BCUT2D eigenvalue weighted by molar-refractivity contribution is 7.47. The second-order valence-corrected chi connectivity index (χ2v) is 5.15. The van der Waals surface area contributed by atoms with Gasteiger partial charge < -0.3 is 5.32 Å². The van der Waals surface area contributed by atoms with Gasteiger partial charge in [-0.3, -0.25) is 0 Å². The van der Waals surface area contributed by atoms with Gasteiger partial charge in [-0.05, 0) is 35.1 Å². The molecule has 0 aromatic heterocycles. The van der Waals surface area contributed by atoms with Gasteiger partial charge in [0.25, 0.3) is 0 Å². The number of anilines is 1. The minimum atomic E-state index is -0.552. The third-order valence-corrected chi connectivity index (χ3v) is 3.05. The molecule has 0 bridgehead atoms. The van der Waals surface area contributed by atoms with E-state index in [9.17, 15) is 4.79 Å². The first kappa shape index (κ1) is 15.3. The first-order chi connectivity index (χ1) is 8.90.